The van der Waals surface area contributed by atoms with Crippen LogP contribution in [0.2, 0.25) is 0 Å². The van der Waals surface area contributed by atoms with E-state index in [4.69, 9.17) is 4.74 Å². The molecule has 7 nitrogen and oxygen atoms in total. The molecule has 1 amide bonds. The fourth-order valence-corrected chi connectivity index (χ4v) is 5.29. The van der Waals surface area contributed by atoms with Crippen LogP contribution < -0.4 is 10.6 Å². The largest absolute Gasteiger partial charge is 0.373 e. The summed E-state index contributed by atoms with van der Waals surface area (Å²) in [6.45, 7) is 5.53. The number of fused-ring (bicyclic) bond motifs is 1. The third-order valence-corrected chi connectivity index (χ3v) is 6.98. The molecule has 3 unspecified atom stereocenters. The van der Waals surface area contributed by atoms with E-state index in [9.17, 15) is 4.79 Å². The van der Waals surface area contributed by atoms with Crippen molar-refractivity contribution in [2.75, 3.05) is 46.4 Å². The van der Waals surface area contributed by atoms with Crippen LogP contribution in [0.1, 0.15) is 51.4 Å². The summed E-state index contributed by atoms with van der Waals surface area (Å²) in [6.07, 6.45) is 9.67. The molecule has 0 aromatic rings. The molecular formula is C21H38IN5O2. The lowest BCUT2D eigenvalue weighted by Gasteiger charge is -2.35. The van der Waals surface area contributed by atoms with Gasteiger partial charge in [0.1, 0.15) is 0 Å². The van der Waals surface area contributed by atoms with Crippen LogP contribution in [-0.2, 0) is 9.53 Å². The van der Waals surface area contributed by atoms with Gasteiger partial charge in [-0.05, 0) is 38.6 Å². The van der Waals surface area contributed by atoms with E-state index in [2.05, 4.69) is 25.4 Å². The van der Waals surface area contributed by atoms with Crippen LogP contribution in [0, 0.1) is 5.92 Å². The maximum absolute atomic E-state index is 12.8. The number of nitrogens with one attached hydrogen (secondary N) is 2. The molecule has 0 spiro atoms. The van der Waals surface area contributed by atoms with E-state index in [1.54, 1.807) is 0 Å². The summed E-state index contributed by atoms with van der Waals surface area (Å²) in [5, 5.41) is 6.95. The lowest BCUT2D eigenvalue weighted by molar-refractivity contribution is -0.135. The van der Waals surface area contributed by atoms with E-state index in [0.717, 1.165) is 58.0 Å². The third-order valence-electron chi connectivity index (χ3n) is 6.98. The van der Waals surface area contributed by atoms with Crippen molar-refractivity contribution in [2.45, 2.75) is 69.6 Å². The van der Waals surface area contributed by atoms with E-state index >= 15 is 0 Å². The highest BCUT2D eigenvalue weighted by Gasteiger charge is 2.33. The molecule has 4 aliphatic rings. The molecule has 1 aliphatic carbocycles. The van der Waals surface area contributed by atoms with Crippen molar-refractivity contribution in [2.24, 2.45) is 10.9 Å². The Hall–Kier alpha value is -0.610. The number of guanidine groups is 1. The van der Waals surface area contributed by atoms with Crippen molar-refractivity contribution in [3.8, 4) is 0 Å². The maximum atomic E-state index is 12.8. The Kier molecular flexibility index (Phi) is 8.85. The molecule has 0 aromatic heterocycles. The number of aliphatic imine (C=N–C) groups is 1. The highest BCUT2D eigenvalue weighted by atomic mass is 127. The summed E-state index contributed by atoms with van der Waals surface area (Å²) >= 11 is 0. The molecule has 3 aliphatic heterocycles. The number of carbonyl (C=O) groups excluding carboxylic acids is 1. The molecule has 29 heavy (non-hydrogen) atoms. The van der Waals surface area contributed by atoms with Crippen LogP contribution in [0.15, 0.2) is 4.99 Å². The van der Waals surface area contributed by atoms with E-state index < -0.39 is 0 Å². The van der Waals surface area contributed by atoms with Crippen LogP contribution >= 0.6 is 24.0 Å². The first-order valence-corrected chi connectivity index (χ1v) is 11.3. The number of morpholine rings is 1. The predicted octanol–water partition coefficient (Wildman–Crippen LogP) is 1.81. The van der Waals surface area contributed by atoms with Crippen molar-refractivity contribution in [3.05, 3.63) is 0 Å². The van der Waals surface area contributed by atoms with Crippen LogP contribution in [0.25, 0.3) is 0 Å². The minimum Gasteiger partial charge on any atom is -0.373 e. The van der Waals surface area contributed by atoms with Crippen molar-refractivity contribution < 1.29 is 9.53 Å². The fraction of sp³-hybridized carbons (Fsp3) is 0.905. The second-order valence-electron chi connectivity index (χ2n) is 8.95. The van der Waals surface area contributed by atoms with Crippen molar-refractivity contribution in [1.82, 2.24) is 20.4 Å². The quantitative estimate of drug-likeness (QED) is 0.337. The summed E-state index contributed by atoms with van der Waals surface area (Å²) in [5.74, 6) is 1.47. The molecule has 2 N–H and O–H groups in total. The molecule has 4 fully saturated rings. The van der Waals surface area contributed by atoms with Gasteiger partial charge in [0.25, 0.3) is 0 Å². The van der Waals surface area contributed by atoms with Gasteiger partial charge in [-0.3, -0.25) is 14.7 Å². The van der Waals surface area contributed by atoms with E-state index in [1.807, 2.05) is 7.05 Å². The SMILES string of the molecule is CN=C(NCC1CN2CCCC2CO1)NC1CCN(C(=O)C2CCCCC2)C1.I. The van der Waals surface area contributed by atoms with Gasteiger partial charge in [0.05, 0.1) is 12.7 Å². The van der Waals surface area contributed by atoms with Gasteiger partial charge in [0.2, 0.25) is 5.91 Å². The van der Waals surface area contributed by atoms with Gasteiger partial charge in [-0.15, -0.1) is 24.0 Å². The molecule has 4 rings (SSSR count). The first kappa shape index (κ1) is 23.1. The van der Waals surface area contributed by atoms with Gasteiger partial charge in [0.15, 0.2) is 5.96 Å². The van der Waals surface area contributed by atoms with Gasteiger partial charge in [-0.25, -0.2) is 0 Å². The molecule has 8 heteroatoms. The number of hydrogen-bond acceptors (Lipinski definition) is 4. The minimum absolute atomic E-state index is 0. The van der Waals surface area contributed by atoms with Gasteiger partial charge >= 0.3 is 0 Å². The predicted molar refractivity (Wildman–Crippen MR) is 126 cm³/mol. The Bertz CT molecular complexity index is 569. The van der Waals surface area contributed by atoms with Gasteiger partial charge < -0.3 is 20.3 Å². The molecule has 3 heterocycles. The number of amides is 1. The van der Waals surface area contributed by atoms with E-state index in [0.29, 0.717) is 11.9 Å². The molecule has 1 saturated carbocycles. The van der Waals surface area contributed by atoms with E-state index in [-0.39, 0.29) is 42.0 Å². The average molecular weight is 519 g/mol. The topological polar surface area (TPSA) is 69.2 Å². The summed E-state index contributed by atoms with van der Waals surface area (Å²) in [7, 11) is 1.81. The Labute approximate surface area is 192 Å². The molecule has 0 bridgehead atoms. The van der Waals surface area contributed by atoms with E-state index in [1.165, 1.54) is 38.6 Å². The molecule has 0 radical (unpaired) electrons. The number of ether oxygens (including phenoxy) is 1. The minimum atomic E-state index is 0. The Morgan fingerprint density at radius 3 is 2.69 bits per heavy atom. The number of likely N-dealkylation sites (tertiary alicyclic amines) is 1. The summed E-state index contributed by atoms with van der Waals surface area (Å²) < 4.78 is 6.03. The van der Waals surface area contributed by atoms with Gasteiger partial charge in [-0.2, -0.15) is 0 Å². The Balaban J connectivity index is 0.00000240. The molecule has 166 valence electrons. The Morgan fingerprint density at radius 2 is 1.90 bits per heavy atom. The maximum Gasteiger partial charge on any atom is 0.225 e. The first-order valence-electron chi connectivity index (χ1n) is 11.3. The highest BCUT2D eigenvalue weighted by molar-refractivity contribution is 14.0. The number of halogens is 1. The Morgan fingerprint density at radius 1 is 1.07 bits per heavy atom. The van der Waals surface area contributed by atoms with Gasteiger partial charge in [-0.1, -0.05) is 19.3 Å². The zero-order valence-electron chi connectivity index (χ0n) is 17.8. The highest BCUT2D eigenvalue weighted by Crippen LogP contribution is 2.27. The fourth-order valence-electron chi connectivity index (χ4n) is 5.29. The van der Waals surface area contributed by atoms with Crippen molar-refractivity contribution >= 4 is 35.8 Å². The number of hydrogen-bond donors (Lipinski definition) is 2. The number of carbonyl (C=O) groups is 1. The molecule has 3 saturated heterocycles. The lowest BCUT2D eigenvalue weighted by Crippen LogP contribution is -2.52. The summed E-state index contributed by atoms with van der Waals surface area (Å²) in [4.78, 5) is 21.8. The zero-order valence-corrected chi connectivity index (χ0v) is 20.1. The first-order chi connectivity index (χ1) is 13.7. The molecule has 3 atom stereocenters. The number of nitrogens with zero attached hydrogens (tertiary/aromatic N) is 3. The summed E-state index contributed by atoms with van der Waals surface area (Å²) in [6, 6.07) is 0.925. The van der Waals surface area contributed by atoms with Crippen LogP contribution in [0.3, 0.4) is 0 Å². The monoisotopic (exact) mass is 519 g/mol. The smallest absolute Gasteiger partial charge is 0.225 e. The number of rotatable bonds is 4. The van der Waals surface area contributed by atoms with Crippen LogP contribution in [0.5, 0.6) is 0 Å². The van der Waals surface area contributed by atoms with Crippen molar-refractivity contribution in [1.29, 1.82) is 0 Å². The second-order valence-corrected chi connectivity index (χ2v) is 8.95. The summed E-state index contributed by atoms with van der Waals surface area (Å²) in [5.41, 5.74) is 0. The van der Waals surface area contributed by atoms with Crippen molar-refractivity contribution in [3.63, 3.8) is 0 Å². The van der Waals surface area contributed by atoms with Crippen LogP contribution in [-0.4, -0.2) is 86.2 Å². The van der Waals surface area contributed by atoms with Crippen LogP contribution in [0.4, 0.5) is 0 Å². The normalized spacial score (nSPS) is 31.3. The van der Waals surface area contributed by atoms with Gasteiger partial charge in [0, 0.05) is 51.2 Å². The average Bonchev–Trinajstić information content (AvgIpc) is 3.40. The zero-order chi connectivity index (χ0) is 19.3. The molecule has 0 aromatic carbocycles. The lowest BCUT2D eigenvalue weighted by atomic mass is 9.88. The standard InChI is InChI=1S/C21H37N5O2.HI/c1-22-21(23-12-19-14-25-10-5-8-18(25)15-28-19)24-17-9-11-26(13-17)20(27)16-6-3-2-4-7-16;/h16-19H,2-15H2,1H3,(H2,22,23,24);1H. The third kappa shape index (κ3) is 5.97. The second kappa shape index (κ2) is 11.1. The molecular weight excluding hydrogens is 481 g/mol.